The van der Waals surface area contributed by atoms with Gasteiger partial charge in [0.1, 0.15) is 5.75 Å². The number of benzene rings is 2. The highest BCUT2D eigenvalue weighted by atomic mass is 16.5. The quantitative estimate of drug-likeness (QED) is 0.761. The zero-order valence-corrected chi connectivity index (χ0v) is 16.3. The molecule has 2 amide bonds. The van der Waals surface area contributed by atoms with Crippen molar-refractivity contribution < 1.29 is 23.9 Å². The number of ether oxygens (including phenoxy) is 2. The Morgan fingerprint density at radius 2 is 1.79 bits per heavy atom. The lowest BCUT2D eigenvalue weighted by Gasteiger charge is -2.32. The van der Waals surface area contributed by atoms with E-state index in [2.05, 4.69) is 5.32 Å². The van der Waals surface area contributed by atoms with Crippen LogP contribution in [0.2, 0.25) is 0 Å². The average molecular weight is 394 g/mol. The monoisotopic (exact) mass is 394 g/mol. The Hall–Kier alpha value is -3.61. The lowest BCUT2D eigenvalue weighted by Crippen LogP contribution is -2.33. The van der Waals surface area contributed by atoms with Crippen LogP contribution in [0.3, 0.4) is 0 Å². The Bertz CT molecular complexity index is 954. The number of methoxy groups -OCH3 is 1. The predicted molar refractivity (Wildman–Crippen MR) is 108 cm³/mol. The van der Waals surface area contributed by atoms with Gasteiger partial charge < -0.3 is 19.7 Å². The number of carbonyl (C=O) groups is 3. The number of anilines is 1. The maximum atomic E-state index is 12.4. The molecule has 7 nitrogen and oxygen atoms in total. The van der Waals surface area contributed by atoms with E-state index in [0.29, 0.717) is 11.4 Å². The van der Waals surface area contributed by atoms with Crippen LogP contribution < -0.4 is 10.1 Å². The molecule has 0 saturated carbocycles. The summed E-state index contributed by atoms with van der Waals surface area (Å²) >= 11 is 0. The molecule has 0 aliphatic carbocycles. The molecule has 2 aromatic rings. The van der Waals surface area contributed by atoms with Crippen molar-refractivity contribution in [2.75, 3.05) is 19.0 Å². The molecule has 1 atom stereocenters. The highest BCUT2D eigenvalue weighted by molar-refractivity contribution is 5.94. The van der Waals surface area contributed by atoms with Crippen molar-refractivity contribution in [1.82, 2.24) is 4.90 Å². The molecular weight excluding hydrogens is 372 g/mol. The largest absolute Gasteiger partial charge is 0.495 e. The fraction of sp³-hybridized carbons (Fsp3) is 0.227. The third-order valence-corrected chi connectivity index (χ3v) is 4.57. The molecular formula is C22H22N2O5. The topological polar surface area (TPSA) is 84.9 Å². The normalized spacial score (nSPS) is 14.7. The van der Waals surface area contributed by atoms with Crippen LogP contribution in [-0.2, 0) is 19.1 Å². The van der Waals surface area contributed by atoms with Gasteiger partial charge in [0.25, 0.3) is 5.91 Å². The molecule has 0 bridgehead atoms. The smallest absolute Gasteiger partial charge is 0.308 e. The van der Waals surface area contributed by atoms with Gasteiger partial charge in [-0.25, -0.2) is 0 Å². The number of nitrogens with zero attached hydrogens (tertiary/aromatic N) is 1. The van der Waals surface area contributed by atoms with E-state index < -0.39 is 24.5 Å². The summed E-state index contributed by atoms with van der Waals surface area (Å²) in [6.07, 6.45) is 3.44. The van der Waals surface area contributed by atoms with Crippen LogP contribution in [0.5, 0.6) is 5.75 Å². The summed E-state index contributed by atoms with van der Waals surface area (Å²) in [6, 6.07) is 14.0. The van der Waals surface area contributed by atoms with E-state index >= 15 is 0 Å². The number of esters is 1. The molecule has 0 radical (unpaired) electrons. The summed E-state index contributed by atoms with van der Waals surface area (Å²) in [5.74, 6) is -0.714. The van der Waals surface area contributed by atoms with E-state index in [4.69, 9.17) is 9.47 Å². The van der Waals surface area contributed by atoms with E-state index in [-0.39, 0.29) is 12.3 Å². The second kappa shape index (κ2) is 9.05. The molecule has 2 aromatic carbocycles. The number of hydrogen-bond acceptors (Lipinski definition) is 5. The average Bonchev–Trinajstić information content (AvgIpc) is 2.72. The van der Waals surface area contributed by atoms with Gasteiger partial charge in [0.2, 0.25) is 5.91 Å². The van der Waals surface area contributed by atoms with Crippen molar-refractivity contribution in [2.24, 2.45) is 0 Å². The molecule has 0 spiro atoms. The molecule has 3 rings (SSSR count). The van der Waals surface area contributed by atoms with Crippen LogP contribution in [0.1, 0.15) is 30.5 Å². The Kier molecular flexibility index (Phi) is 6.29. The van der Waals surface area contributed by atoms with E-state index in [0.717, 1.165) is 11.1 Å². The standard InChI is InChI=1S/C22H22N2O5/c1-15(25)24-12-11-16-7-3-4-8-17(16)19(24)13-22(27)29-14-21(26)23-18-9-5-6-10-20(18)28-2/h3-12,19H,13-14H2,1-2H3,(H,23,26)/t19-/m1/s1. The Morgan fingerprint density at radius 1 is 1.07 bits per heavy atom. The maximum absolute atomic E-state index is 12.4. The van der Waals surface area contributed by atoms with Crippen LogP contribution in [-0.4, -0.2) is 36.4 Å². The summed E-state index contributed by atoms with van der Waals surface area (Å²) in [7, 11) is 1.50. The molecule has 0 fully saturated rings. The molecule has 1 aliphatic heterocycles. The summed E-state index contributed by atoms with van der Waals surface area (Å²) in [6.45, 7) is 1.01. The second-order valence-electron chi connectivity index (χ2n) is 6.50. The summed E-state index contributed by atoms with van der Waals surface area (Å²) in [5, 5.41) is 2.65. The van der Waals surface area contributed by atoms with Crippen LogP contribution in [0, 0.1) is 0 Å². The van der Waals surface area contributed by atoms with Gasteiger partial charge in [-0.05, 0) is 29.3 Å². The van der Waals surface area contributed by atoms with Crippen LogP contribution >= 0.6 is 0 Å². The number of hydrogen-bond donors (Lipinski definition) is 1. The highest BCUT2D eigenvalue weighted by Gasteiger charge is 2.29. The minimum atomic E-state index is -0.568. The van der Waals surface area contributed by atoms with Crippen molar-refractivity contribution in [3.05, 3.63) is 65.9 Å². The summed E-state index contributed by atoms with van der Waals surface area (Å²) in [4.78, 5) is 38.0. The zero-order chi connectivity index (χ0) is 20.8. The van der Waals surface area contributed by atoms with Gasteiger partial charge in [0.15, 0.2) is 6.61 Å². The predicted octanol–water partition coefficient (Wildman–Crippen LogP) is 3.14. The minimum Gasteiger partial charge on any atom is -0.495 e. The lowest BCUT2D eigenvalue weighted by molar-refractivity contribution is -0.149. The summed E-state index contributed by atoms with van der Waals surface area (Å²) < 4.78 is 10.3. The maximum Gasteiger partial charge on any atom is 0.308 e. The van der Waals surface area contributed by atoms with Crippen molar-refractivity contribution in [1.29, 1.82) is 0 Å². The van der Waals surface area contributed by atoms with E-state index in [1.165, 1.54) is 18.9 Å². The number of fused-ring (bicyclic) bond motifs is 1. The van der Waals surface area contributed by atoms with Crippen LogP contribution in [0.15, 0.2) is 54.7 Å². The number of carbonyl (C=O) groups excluding carboxylic acids is 3. The van der Waals surface area contributed by atoms with E-state index in [1.807, 2.05) is 30.3 Å². The minimum absolute atomic E-state index is 0.0527. The molecule has 7 heteroatoms. The first-order chi connectivity index (χ1) is 14.0. The Morgan fingerprint density at radius 3 is 2.55 bits per heavy atom. The van der Waals surface area contributed by atoms with Gasteiger partial charge in [-0.3, -0.25) is 14.4 Å². The third kappa shape index (κ3) is 4.82. The Balaban J connectivity index is 1.61. The molecule has 29 heavy (non-hydrogen) atoms. The van der Waals surface area contributed by atoms with Crippen molar-refractivity contribution >= 4 is 29.5 Å². The van der Waals surface area contributed by atoms with Gasteiger partial charge >= 0.3 is 5.97 Å². The SMILES string of the molecule is COc1ccccc1NC(=O)COC(=O)C[C@@H]1c2ccccc2C=CN1C(C)=O. The molecule has 1 heterocycles. The van der Waals surface area contributed by atoms with Gasteiger partial charge in [-0.1, -0.05) is 36.4 Å². The third-order valence-electron chi connectivity index (χ3n) is 4.57. The fourth-order valence-corrected chi connectivity index (χ4v) is 3.21. The molecule has 150 valence electrons. The lowest BCUT2D eigenvalue weighted by atomic mass is 9.94. The number of rotatable bonds is 6. The Labute approximate surface area is 168 Å². The first kappa shape index (κ1) is 20.1. The van der Waals surface area contributed by atoms with Crippen LogP contribution in [0.25, 0.3) is 6.08 Å². The summed E-state index contributed by atoms with van der Waals surface area (Å²) in [5.41, 5.74) is 2.29. The zero-order valence-electron chi connectivity index (χ0n) is 16.3. The van der Waals surface area contributed by atoms with Gasteiger partial charge in [0, 0.05) is 13.1 Å². The number of amides is 2. The molecule has 0 aromatic heterocycles. The highest BCUT2D eigenvalue weighted by Crippen LogP contribution is 2.33. The number of nitrogens with one attached hydrogen (secondary N) is 1. The van der Waals surface area contributed by atoms with Crippen molar-refractivity contribution in [3.63, 3.8) is 0 Å². The van der Waals surface area contributed by atoms with Gasteiger partial charge in [0.05, 0.1) is 25.3 Å². The first-order valence-corrected chi connectivity index (χ1v) is 9.14. The van der Waals surface area contributed by atoms with Crippen molar-refractivity contribution in [2.45, 2.75) is 19.4 Å². The first-order valence-electron chi connectivity index (χ1n) is 9.14. The van der Waals surface area contributed by atoms with Gasteiger partial charge in [-0.2, -0.15) is 0 Å². The molecule has 0 saturated heterocycles. The molecule has 0 unspecified atom stereocenters. The fourth-order valence-electron chi connectivity index (χ4n) is 3.21. The van der Waals surface area contributed by atoms with Crippen LogP contribution in [0.4, 0.5) is 5.69 Å². The van der Waals surface area contributed by atoms with Crippen molar-refractivity contribution in [3.8, 4) is 5.75 Å². The second-order valence-corrected chi connectivity index (χ2v) is 6.50. The molecule has 1 N–H and O–H groups in total. The van der Waals surface area contributed by atoms with E-state index in [9.17, 15) is 14.4 Å². The molecule has 1 aliphatic rings. The van der Waals surface area contributed by atoms with Gasteiger partial charge in [-0.15, -0.1) is 0 Å². The number of para-hydroxylation sites is 2. The van der Waals surface area contributed by atoms with E-state index in [1.54, 1.807) is 30.5 Å².